The fourth-order valence-corrected chi connectivity index (χ4v) is 5.19. The monoisotopic (exact) mass is 564 g/mol. The molecule has 0 spiro atoms. The number of esters is 2. The first-order valence-electron chi connectivity index (χ1n) is 12.5. The molecule has 0 radical (unpaired) electrons. The minimum atomic E-state index is -3.57. The van der Waals surface area contributed by atoms with Crippen molar-refractivity contribution in [3.8, 4) is 0 Å². The summed E-state index contributed by atoms with van der Waals surface area (Å²) in [5.74, 6) is -0.924. The number of aromatic nitrogens is 2. The molecule has 0 amide bonds. The van der Waals surface area contributed by atoms with Crippen LogP contribution in [0.15, 0.2) is 17.1 Å². The van der Waals surface area contributed by atoms with Gasteiger partial charge in [0.2, 0.25) is 0 Å². The van der Waals surface area contributed by atoms with Crippen molar-refractivity contribution in [2.45, 2.75) is 83.9 Å². The summed E-state index contributed by atoms with van der Waals surface area (Å²) in [5.41, 5.74) is 4.97. The highest BCUT2D eigenvalue weighted by molar-refractivity contribution is 7.59. The molecule has 14 heteroatoms. The van der Waals surface area contributed by atoms with Gasteiger partial charge in [-0.25, -0.2) is 9.88 Å². The van der Waals surface area contributed by atoms with Crippen LogP contribution in [-0.4, -0.2) is 59.8 Å². The van der Waals surface area contributed by atoms with E-state index in [1.165, 1.54) is 16.8 Å². The Bertz CT molecular complexity index is 936. The smallest absolute Gasteiger partial charge is 0.349 e. The van der Waals surface area contributed by atoms with Crippen molar-refractivity contribution >= 4 is 38.8 Å². The predicted octanol–water partition coefficient (Wildman–Crippen LogP) is 2.71. The molecule has 37 heavy (non-hydrogen) atoms. The lowest BCUT2D eigenvalue weighted by Crippen LogP contribution is -2.42. The van der Waals surface area contributed by atoms with Crippen molar-refractivity contribution in [2.24, 2.45) is 0 Å². The third-order valence-corrected chi connectivity index (χ3v) is 7.28. The highest BCUT2D eigenvalue weighted by Gasteiger charge is 2.37. The zero-order valence-electron chi connectivity index (χ0n) is 21.7. The summed E-state index contributed by atoms with van der Waals surface area (Å²) in [6, 6.07) is 0.466. The molecule has 1 unspecified atom stereocenters. The number of anilines is 1. The third-order valence-electron chi connectivity index (χ3n) is 5.52. The molecule has 2 heterocycles. The van der Waals surface area contributed by atoms with Crippen LogP contribution in [0.4, 0.5) is 5.82 Å². The lowest BCUT2D eigenvalue weighted by atomic mass is 10.1. The fraction of sp³-hybridized carbons (Fsp3) is 0.739. The molecule has 3 atom stereocenters. The Hall–Kier alpha value is -1.92. The molecular weight excluding hydrogens is 523 g/mol. The van der Waals surface area contributed by atoms with E-state index in [9.17, 15) is 18.9 Å². The lowest BCUT2D eigenvalue weighted by molar-refractivity contribution is -0.147. The van der Waals surface area contributed by atoms with Crippen molar-refractivity contribution in [1.82, 2.24) is 14.6 Å². The van der Waals surface area contributed by atoms with Gasteiger partial charge in [0.25, 0.3) is 7.52 Å². The van der Waals surface area contributed by atoms with E-state index in [1.807, 2.05) is 6.92 Å². The van der Waals surface area contributed by atoms with Gasteiger partial charge in [-0.1, -0.05) is 39.5 Å². The van der Waals surface area contributed by atoms with Gasteiger partial charge in [0.05, 0.1) is 26.4 Å². The third kappa shape index (κ3) is 12.4. The Morgan fingerprint density at radius 1 is 1.22 bits per heavy atom. The topological polar surface area (TPSA) is 161 Å². The summed E-state index contributed by atoms with van der Waals surface area (Å²) in [6.45, 7) is 4.73. The van der Waals surface area contributed by atoms with Gasteiger partial charge in [0.1, 0.15) is 24.3 Å². The number of carbonyl (C=O) groups excluding carboxylic acids is 2. The highest BCUT2D eigenvalue weighted by atomic mass is 32.1. The van der Waals surface area contributed by atoms with Crippen molar-refractivity contribution in [2.75, 3.05) is 31.9 Å². The second-order valence-electron chi connectivity index (χ2n) is 8.70. The SMILES string of the molecule is CCCCCOC(=O)CC[C@H](NP1(=O)CO[C@@H](Cn2ccc(N)nc2=O)CO1)C(=O)OCCCCC.S. The van der Waals surface area contributed by atoms with E-state index < -0.39 is 37.3 Å². The summed E-state index contributed by atoms with van der Waals surface area (Å²) >= 11 is 0. The van der Waals surface area contributed by atoms with E-state index in [-0.39, 0.29) is 58.3 Å². The number of unbranched alkanes of at least 4 members (excludes halogenated alkanes) is 4. The first-order chi connectivity index (χ1) is 17.3. The van der Waals surface area contributed by atoms with E-state index in [1.54, 1.807) is 0 Å². The Labute approximate surface area is 224 Å². The van der Waals surface area contributed by atoms with Gasteiger partial charge in [-0.15, -0.1) is 0 Å². The molecule has 1 aromatic heterocycles. The van der Waals surface area contributed by atoms with Crippen LogP contribution in [0.3, 0.4) is 0 Å². The maximum absolute atomic E-state index is 13.2. The number of nitrogen functional groups attached to an aromatic ring is 1. The molecule has 212 valence electrons. The number of ether oxygens (including phenoxy) is 3. The van der Waals surface area contributed by atoms with Crippen molar-refractivity contribution < 1.29 is 32.9 Å². The molecule has 0 aromatic carbocycles. The summed E-state index contributed by atoms with van der Waals surface area (Å²) in [6.07, 6.45) is 6.01. The van der Waals surface area contributed by atoms with E-state index in [0.29, 0.717) is 13.0 Å². The maximum Gasteiger partial charge on any atom is 0.349 e. The molecule has 0 saturated carbocycles. The number of nitrogens with one attached hydrogen (secondary N) is 1. The second kappa shape index (κ2) is 17.6. The second-order valence-corrected chi connectivity index (χ2v) is 10.8. The maximum atomic E-state index is 13.2. The number of nitrogens with zero attached hydrogens (tertiary/aromatic N) is 2. The van der Waals surface area contributed by atoms with Crippen molar-refractivity contribution in [3.05, 3.63) is 22.7 Å². The molecule has 12 nitrogen and oxygen atoms in total. The normalized spacial score (nSPS) is 20.0. The van der Waals surface area contributed by atoms with Crippen molar-refractivity contribution in [1.29, 1.82) is 0 Å². The quantitative estimate of drug-likeness (QED) is 0.172. The van der Waals surface area contributed by atoms with Gasteiger partial charge in [-0.3, -0.25) is 18.7 Å². The van der Waals surface area contributed by atoms with Crippen LogP contribution >= 0.6 is 21.0 Å². The number of hydrogen-bond donors (Lipinski definition) is 2. The van der Waals surface area contributed by atoms with Crippen LogP contribution < -0.4 is 16.5 Å². The number of carbonyl (C=O) groups is 2. The summed E-state index contributed by atoms with van der Waals surface area (Å²) < 4.78 is 36.3. The Balaban J connectivity index is 0.00000684. The minimum absolute atomic E-state index is 0. The van der Waals surface area contributed by atoms with Gasteiger partial charge in [0, 0.05) is 12.6 Å². The van der Waals surface area contributed by atoms with Crippen LogP contribution in [0, 0.1) is 0 Å². The van der Waals surface area contributed by atoms with Gasteiger partial charge in [-0.2, -0.15) is 18.5 Å². The van der Waals surface area contributed by atoms with Crippen LogP contribution in [0.25, 0.3) is 0 Å². The summed E-state index contributed by atoms with van der Waals surface area (Å²) in [4.78, 5) is 40.4. The summed E-state index contributed by atoms with van der Waals surface area (Å²) in [5, 5.41) is 2.74. The number of hydrogen-bond acceptors (Lipinski definition) is 10. The average Bonchev–Trinajstić information content (AvgIpc) is 2.85. The standard InChI is InChI=1S/C23H39N4O8P.H2S/c1-3-5-7-13-32-21(28)10-9-19(22(29)33-14-8-6-4-2)26-36(31)17-34-18(16-35-36)15-27-12-11-20(24)25-23(27)30;/h11-12,18-19H,3-10,13-17H2,1-2H3,(H,26,31)(H2,24,25,30);1H2/t18-,19-,36?;/m0./s1. The average molecular weight is 565 g/mol. The number of rotatable bonds is 16. The Morgan fingerprint density at radius 3 is 2.49 bits per heavy atom. The lowest BCUT2D eigenvalue weighted by Gasteiger charge is -2.32. The van der Waals surface area contributed by atoms with Gasteiger partial charge < -0.3 is 24.5 Å². The Kier molecular flexibility index (Phi) is 15.7. The molecule has 0 aliphatic carbocycles. The molecule has 1 aromatic rings. The van der Waals surface area contributed by atoms with E-state index in [4.69, 9.17) is 24.5 Å². The molecule has 0 bridgehead atoms. The molecule has 3 N–H and O–H groups in total. The molecule has 1 aliphatic heterocycles. The van der Waals surface area contributed by atoms with E-state index in [2.05, 4.69) is 17.0 Å². The van der Waals surface area contributed by atoms with Gasteiger partial charge in [0.15, 0.2) is 0 Å². The molecular formula is C23H41N4O8PS. The first kappa shape index (κ1) is 33.1. The largest absolute Gasteiger partial charge is 0.466 e. The van der Waals surface area contributed by atoms with Gasteiger partial charge in [-0.05, 0) is 25.3 Å². The number of nitrogens with two attached hydrogens (primary N) is 1. The summed E-state index contributed by atoms with van der Waals surface area (Å²) in [7, 11) is -3.57. The zero-order valence-corrected chi connectivity index (χ0v) is 23.6. The van der Waals surface area contributed by atoms with Crippen LogP contribution in [0.1, 0.15) is 65.2 Å². The zero-order chi connectivity index (χ0) is 26.4. The van der Waals surface area contributed by atoms with Crippen LogP contribution in [0.2, 0.25) is 0 Å². The van der Waals surface area contributed by atoms with Crippen LogP contribution in [0.5, 0.6) is 0 Å². The first-order valence-corrected chi connectivity index (χ1v) is 14.4. The molecule has 1 saturated heterocycles. The molecule has 1 fully saturated rings. The Morgan fingerprint density at radius 2 is 1.89 bits per heavy atom. The molecule has 1 aliphatic rings. The van der Waals surface area contributed by atoms with Gasteiger partial charge >= 0.3 is 17.6 Å². The van der Waals surface area contributed by atoms with E-state index in [0.717, 1.165) is 32.1 Å². The minimum Gasteiger partial charge on any atom is -0.466 e. The predicted molar refractivity (Wildman–Crippen MR) is 144 cm³/mol. The van der Waals surface area contributed by atoms with E-state index >= 15 is 0 Å². The van der Waals surface area contributed by atoms with Crippen LogP contribution in [-0.2, 0) is 39.4 Å². The van der Waals surface area contributed by atoms with Crippen molar-refractivity contribution in [3.63, 3.8) is 0 Å². The molecule has 2 rings (SSSR count). The fourth-order valence-electron chi connectivity index (χ4n) is 3.44. The highest BCUT2D eigenvalue weighted by Crippen LogP contribution is 2.46.